The maximum atomic E-state index is 5.62. The summed E-state index contributed by atoms with van der Waals surface area (Å²) in [5, 5.41) is 0. The first kappa shape index (κ1) is 11.3. The molecular weight excluding hydrogens is 338 g/mol. The van der Waals surface area contributed by atoms with Crippen molar-refractivity contribution in [3.63, 3.8) is 0 Å². The lowest BCUT2D eigenvalue weighted by Gasteiger charge is -2.07. The Morgan fingerprint density at radius 3 is 2.75 bits per heavy atom. The maximum Gasteiger partial charge on any atom is 0.238 e. The minimum absolute atomic E-state index is 0.347. The number of ether oxygens (including phenoxy) is 1. The highest BCUT2D eigenvalue weighted by Gasteiger charge is 2.08. The van der Waals surface area contributed by atoms with Crippen LogP contribution in [0.4, 0.5) is 5.82 Å². The van der Waals surface area contributed by atoms with Crippen LogP contribution in [0, 0.1) is 0 Å². The van der Waals surface area contributed by atoms with E-state index in [0.717, 1.165) is 4.47 Å². The van der Waals surface area contributed by atoms with Gasteiger partial charge in [-0.3, -0.25) is 0 Å². The summed E-state index contributed by atoms with van der Waals surface area (Å²) in [6.07, 6.45) is 1.35. The number of anilines is 1. The Labute approximate surface area is 109 Å². The second-order valence-electron chi connectivity index (χ2n) is 2.94. The summed E-state index contributed by atoms with van der Waals surface area (Å²) in [4.78, 5) is 7.82. The van der Waals surface area contributed by atoms with Crippen molar-refractivity contribution in [2.45, 2.75) is 0 Å². The van der Waals surface area contributed by atoms with Crippen LogP contribution in [0.5, 0.6) is 11.6 Å². The maximum absolute atomic E-state index is 5.62. The van der Waals surface area contributed by atoms with Crippen molar-refractivity contribution >= 4 is 37.7 Å². The molecule has 0 saturated heterocycles. The summed E-state index contributed by atoms with van der Waals surface area (Å²) >= 11 is 6.63. The van der Waals surface area contributed by atoms with Gasteiger partial charge in [0, 0.05) is 4.47 Å². The van der Waals surface area contributed by atoms with Crippen LogP contribution in [0.2, 0.25) is 0 Å². The van der Waals surface area contributed by atoms with Crippen molar-refractivity contribution in [3.8, 4) is 11.6 Å². The Morgan fingerprint density at radius 2 is 2.00 bits per heavy atom. The van der Waals surface area contributed by atoms with E-state index < -0.39 is 0 Å². The smallest absolute Gasteiger partial charge is 0.238 e. The zero-order chi connectivity index (χ0) is 11.5. The first-order chi connectivity index (χ1) is 7.66. The van der Waals surface area contributed by atoms with Crippen molar-refractivity contribution < 1.29 is 4.74 Å². The molecule has 16 heavy (non-hydrogen) atoms. The summed E-state index contributed by atoms with van der Waals surface area (Å²) in [6.45, 7) is 0. The van der Waals surface area contributed by atoms with Gasteiger partial charge in [-0.25, -0.2) is 9.97 Å². The fourth-order valence-electron chi connectivity index (χ4n) is 1.08. The molecule has 2 N–H and O–H groups in total. The molecule has 4 nitrogen and oxygen atoms in total. The van der Waals surface area contributed by atoms with Crippen LogP contribution in [0.25, 0.3) is 0 Å². The van der Waals surface area contributed by atoms with Gasteiger partial charge in [-0.2, -0.15) is 0 Å². The van der Waals surface area contributed by atoms with Crippen molar-refractivity contribution in [2.75, 3.05) is 5.73 Å². The van der Waals surface area contributed by atoms with Crippen LogP contribution in [-0.2, 0) is 0 Å². The van der Waals surface area contributed by atoms with Gasteiger partial charge in [0.15, 0.2) is 0 Å². The van der Waals surface area contributed by atoms with E-state index in [0.29, 0.717) is 21.9 Å². The number of nitrogens with two attached hydrogens (primary N) is 1. The third kappa shape index (κ3) is 2.51. The number of rotatable bonds is 2. The number of hydrogen-bond acceptors (Lipinski definition) is 4. The molecule has 0 aliphatic rings. The number of hydrogen-bond donors (Lipinski definition) is 1. The van der Waals surface area contributed by atoms with Gasteiger partial charge in [-0.15, -0.1) is 0 Å². The Bertz CT molecular complexity index is 519. The van der Waals surface area contributed by atoms with Crippen LogP contribution in [-0.4, -0.2) is 9.97 Å². The van der Waals surface area contributed by atoms with Gasteiger partial charge in [0.05, 0.1) is 0 Å². The third-order valence-corrected chi connectivity index (χ3v) is 3.03. The van der Waals surface area contributed by atoms with Gasteiger partial charge in [-0.05, 0) is 34.1 Å². The Morgan fingerprint density at radius 1 is 1.19 bits per heavy atom. The Hall–Kier alpha value is -1.14. The predicted molar refractivity (Wildman–Crippen MR) is 68.4 cm³/mol. The molecular formula is C10H7Br2N3O. The van der Waals surface area contributed by atoms with Crippen molar-refractivity contribution in [1.29, 1.82) is 0 Å². The Balaban J connectivity index is 2.31. The van der Waals surface area contributed by atoms with Gasteiger partial charge in [0.25, 0.3) is 0 Å². The number of nitrogens with zero attached hydrogens (tertiary/aromatic N) is 2. The van der Waals surface area contributed by atoms with Gasteiger partial charge in [-0.1, -0.05) is 22.0 Å². The minimum Gasteiger partial charge on any atom is -0.438 e. The molecule has 0 aliphatic carbocycles. The van der Waals surface area contributed by atoms with Gasteiger partial charge >= 0.3 is 0 Å². The normalized spacial score (nSPS) is 10.1. The first-order valence-corrected chi connectivity index (χ1v) is 5.95. The van der Waals surface area contributed by atoms with Crippen LogP contribution >= 0.6 is 31.9 Å². The van der Waals surface area contributed by atoms with Gasteiger partial charge in [0.1, 0.15) is 22.4 Å². The van der Waals surface area contributed by atoms with Crippen LogP contribution < -0.4 is 10.5 Å². The average Bonchev–Trinajstić information content (AvgIpc) is 2.25. The lowest BCUT2D eigenvalue weighted by molar-refractivity contribution is 0.458. The molecule has 82 valence electrons. The van der Waals surface area contributed by atoms with E-state index in [1.807, 2.05) is 24.3 Å². The largest absolute Gasteiger partial charge is 0.438 e. The quantitative estimate of drug-likeness (QED) is 0.907. The molecule has 1 aromatic carbocycles. The summed E-state index contributed by atoms with van der Waals surface area (Å²) in [6, 6.07) is 7.45. The van der Waals surface area contributed by atoms with E-state index in [2.05, 4.69) is 41.8 Å². The molecule has 1 aromatic heterocycles. The summed E-state index contributed by atoms with van der Waals surface area (Å²) < 4.78 is 7.05. The van der Waals surface area contributed by atoms with E-state index in [-0.39, 0.29) is 0 Å². The second kappa shape index (κ2) is 4.80. The zero-order valence-electron chi connectivity index (χ0n) is 8.02. The van der Waals surface area contributed by atoms with Crippen LogP contribution in [0.3, 0.4) is 0 Å². The Kier molecular flexibility index (Phi) is 3.40. The molecule has 0 spiro atoms. The molecule has 0 atom stereocenters. The molecule has 2 aromatic rings. The zero-order valence-corrected chi connectivity index (χ0v) is 11.2. The topological polar surface area (TPSA) is 61.0 Å². The van der Waals surface area contributed by atoms with Gasteiger partial charge in [0.2, 0.25) is 5.88 Å². The lowest BCUT2D eigenvalue weighted by atomic mass is 10.3. The van der Waals surface area contributed by atoms with E-state index >= 15 is 0 Å². The SMILES string of the molecule is Nc1ncnc(Oc2cccc(Br)c2)c1Br. The highest BCUT2D eigenvalue weighted by atomic mass is 79.9. The van der Waals surface area contributed by atoms with E-state index in [9.17, 15) is 0 Å². The molecule has 6 heteroatoms. The van der Waals surface area contributed by atoms with Crippen molar-refractivity contribution in [3.05, 3.63) is 39.5 Å². The molecule has 0 radical (unpaired) electrons. The highest BCUT2D eigenvalue weighted by molar-refractivity contribution is 9.11. The molecule has 0 fully saturated rings. The van der Waals surface area contributed by atoms with Crippen molar-refractivity contribution in [2.24, 2.45) is 0 Å². The van der Waals surface area contributed by atoms with Crippen molar-refractivity contribution in [1.82, 2.24) is 9.97 Å². The number of benzene rings is 1. The minimum atomic E-state index is 0.347. The third-order valence-electron chi connectivity index (χ3n) is 1.80. The van der Waals surface area contributed by atoms with Crippen LogP contribution in [0.1, 0.15) is 0 Å². The standard InChI is InChI=1S/C10H7Br2N3O/c11-6-2-1-3-7(4-6)16-10-8(12)9(13)14-5-15-10/h1-5H,(H2,13,14,15). The summed E-state index contributed by atoms with van der Waals surface area (Å²) in [7, 11) is 0. The van der Waals surface area contributed by atoms with E-state index in [4.69, 9.17) is 10.5 Å². The molecule has 0 aliphatic heterocycles. The molecule has 0 bridgehead atoms. The fraction of sp³-hybridized carbons (Fsp3) is 0. The molecule has 0 saturated carbocycles. The van der Waals surface area contributed by atoms with Crippen LogP contribution in [0.15, 0.2) is 39.5 Å². The van der Waals surface area contributed by atoms with E-state index in [1.54, 1.807) is 0 Å². The van der Waals surface area contributed by atoms with E-state index in [1.165, 1.54) is 6.33 Å². The fourth-order valence-corrected chi connectivity index (χ4v) is 1.74. The number of aromatic nitrogens is 2. The molecule has 0 amide bonds. The summed E-state index contributed by atoms with van der Waals surface area (Å²) in [5.74, 6) is 1.42. The summed E-state index contributed by atoms with van der Waals surface area (Å²) in [5.41, 5.74) is 5.62. The lowest BCUT2D eigenvalue weighted by Crippen LogP contribution is -1.96. The predicted octanol–water partition coefficient (Wildman–Crippen LogP) is 3.38. The second-order valence-corrected chi connectivity index (χ2v) is 4.65. The molecule has 0 unspecified atom stereocenters. The number of nitrogen functional groups attached to an aromatic ring is 1. The monoisotopic (exact) mass is 343 g/mol. The number of halogens is 2. The van der Waals surface area contributed by atoms with Gasteiger partial charge < -0.3 is 10.5 Å². The highest BCUT2D eigenvalue weighted by Crippen LogP contribution is 2.31. The average molecular weight is 345 g/mol. The molecule has 2 rings (SSSR count). The first-order valence-electron chi connectivity index (χ1n) is 4.36. The molecule has 1 heterocycles.